The number of nitrogens with zero attached hydrogens (tertiary/aromatic N) is 2. The number of sulfonamides is 1. The third-order valence-corrected chi connectivity index (χ3v) is 7.75. The molecule has 0 heterocycles. The first-order valence-corrected chi connectivity index (χ1v) is 13.7. The molecule has 0 saturated carbocycles. The number of methoxy groups -OCH3 is 1. The van der Waals surface area contributed by atoms with Crippen LogP contribution in [0.4, 0.5) is 5.69 Å². The molecule has 0 unspecified atom stereocenters. The highest BCUT2D eigenvalue weighted by Gasteiger charge is 2.27. The summed E-state index contributed by atoms with van der Waals surface area (Å²) in [5, 5.41) is 4.62. The Balaban J connectivity index is 1.41. The number of hydrazone groups is 1. The molecule has 4 aromatic carbocycles. The smallest absolute Gasteiger partial charge is 0.264 e. The number of rotatable bonds is 11. The van der Waals surface area contributed by atoms with Gasteiger partial charge in [0, 0.05) is 16.7 Å². The minimum atomic E-state index is -4.04. The molecular formula is C29H26ClN3O5S. The van der Waals surface area contributed by atoms with Crippen LogP contribution in [0.3, 0.4) is 0 Å². The van der Waals surface area contributed by atoms with E-state index in [0.717, 1.165) is 9.87 Å². The van der Waals surface area contributed by atoms with Crippen molar-refractivity contribution in [3.63, 3.8) is 0 Å². The third-order valence-electron chi connectivity index (χ3n) is 5.59. The van der Waals surface area contributed by atoms with E-state index in [1.54, 1.807) is 72.8 Å². The number of nitrogens with one attached hydrogen (secondary N) is 1. The second-order valence-electron chi connectivity index (χ2n) is 8.27. The largest absolute Gasteiger partial charge is 0.497 e. The van der Waals surface area contributed by atoms with Crippen LogP contribution in [0.2, 0.25) is 5.02 Å². The van der Waals surface area contributed by atoms with Crippen molar-refractivity contribution in [3.05, 3.63) is 119 Å². The van der Waals surface area contributed by atoms with E-state index in [1.807, 2.05) is 18.2 Å². The van der Waals surface area contributed by atoms with Gasteiger partial charge in [-0.25, -0.2) is 13.8 Å². The average Bonchev–Trinajstić information content (AvgIpc) is 2.96. The summed E-state index contributed by atoms with van der Waals surface area (Å²) in [7, 11) is -2.56. The number of carbonyl (C=O) groups is 1. The van der Waals surface area contributed by atoms with Crippen molar-refractivity contribution in [2.45, 2.75) is 11.5 Å². The summed E-state index contributed by atoms with van der Waals surface area (Å²) in [6.45, 7) is -0.157. The van der Waals surface area contributed by atoms with Crippen molar-refractivity contribution in [2.75, 3.05) is 18.0 Å². The van der Waals surface area contributed by atoms with Gasteiger partial charge in [-0.2, -0.15) is 5.10 Å². The summed E-state index contributed by atoms with van der Waals surface area (Å²) >= 11 is 6.16. The van der Waals surface area contributed by atoms with Crippen molar-refractivity contribution in [1.82, 2.24) is 5.43 Å². The van der Waals surface area contributed by atoms with E-state index in [9.17, 15) is 13.2 Å². The van der Waals surface area contributed by atoms with Crippen molar-refractivity contribution < 1.29 is 22.7 Å². The van der Waals surface area contributed by atoms with Crippen molar-refractivity contribution in [1.29, 1.82) is 0 Å². The zero-order chi connectivity index (χ0) is 27.7. The molecule has 0 aromatic heterocycles. The first-order chi connectivity index (χ1) is 18.9. The first kappa shape index (κ1) is 27.7. The zero-order valence-electron chi connectivity index (χ0n) is 21.0. The Bertz CT molecular complexity index is 1540. The Hall–Kier alpha value is -4.34. The minimum absolute atomic E-state index is 0.0564. The van der Waals surface area contributed by atoms with Gasteiger partial charge in [-0.1, -0.05) is 54.1 Å². The van der Waals surface area contributed by atoms with Gasteiger partial charge < -0.3 is 9.47 Å². The van der Waals surface area contributed by atoms with Crippen molar-refractivity contribution in [3.8, 4) is 11.5 Å². The molecule has 0 fully saturated rings. The summed E-state index contributed by atoms with van der Waals surface area (Å²) < 4.78 is 38.8. The molecule has 39 heavy (non-hydrogen) atoms. The van der Waals surface area contributed by atoms with E-state index >= 15 is 0 Å². The number of carbonyl (C=O) groups excluding carboxylic acids is 1. The second kappa shape index (κ2) is 12.9. The van der Waals surface area contributed by atoms with Gasteiger partial charge in [-0.05, 0) is 60.2 Å². The average molecular weight is 564 g/mol. The minimum Gasteiger partial charge on any atom is -0.497 e. The highest BCUT2D eigenvalue weighted by Crippen LogP contribution is 2.27. The SMILES string of the molecule is COc1cccc(N(CC(=O)N/N=C\c2ccc(OCc3ccccc3Cl)cc2)S(=O)(=O)c2ccccc2)c1. The molecule has 4 aromatic rings. The lowest BCUT2D eigenvalue weighted by molar-refractivity contribution is -0.119. The van der Waals surface area contributed by atoms with Gasteiger partial charge in [0.1, 0.15) is 24.7 Å². The van der Waals surface area contributed by atoms with Gasteiger partial charge in [-0.15, -0.1) is 0 Å². The predicted molar refractivity (Wildman–Crippen MR) is 152 cm³/mol. The summed E-state index contributed by atoms with van der Waals surface area (Å²) in [5.41, 5.74) is 4.27. The molecule has 0 bridgehead atoms. The summed E-state index contributed by atoms with van der Waals surface area (Å²) in [6, 6.07) is 28.9. The monoisotopic (exact) mass is 563 g/mol. The maximum absolute atomic E-state index is 13.4. The molecule has 0 aliphatic carbocycles. The van der Waals surface area contributed by atoms with Gasteiger partial charge in [-0.3, -0.25) is 9.10 Å². The molecule has 0 atom stereocenters. The van der Waals surface area contributed by atoms with Gasteiger partial charge >= 0.3 is 0 Å². The topological polar surface area (TPSA) is 97.3 Å². The van der Waals surface area contributed by atoms with E-state index in [-0.39, 0.29) is 10.6 Å². The Morgan fingerprint density at radius 1 is 0.923 bits per heavy atom. The van der Waals surface area contributed by atoms with E-state index < -0.39 is 22.5 Å². The van der Waals surface area contributed by atoms with Crippen LogP contribution in [0.15, 0.2) is 113 Å². The molecule has 0 aliphatic heterocycles. The first-order valence-electron chi connectivity index (χ1n) is 11.9. The predicted octanol–water partition coefficient (Wildman–Crippen LogP) is 5.27. The van der Waals surface area contributed by atoms with Gasteiger partial charge in [0.25, 0.3) is 15.9 Å². The Kier molecular flexibility index (Phi) is 9.19. The highest BCUT2D eigenvalue weighted by molar-refractivity contribution is 7.92. The fraction of sp³-hybridized carbons (Fsp3) is 0.103. The van der Waals surface area contributed by atoms with Crippen molar-refractivity contribution >= 4 is 39.4 Å². The molecule has 0 aliphatic rings. The molecule has 200 valence electrons. The number of halogens is 1. The van der Waals surface area contributed by atoms with Crippen LogP contribution >= 0.6 is 11.6 Å². The Morgan fingerprint density at radius 3 is 2.36 bits per heavy atom. The molecule has 0 radical (unpaired) electrons. The van der Waals surface area contributed by atoms with Gasteiger partial charge in [0.15, 0.2) is 0 Å². The summed E-state index contributed by atoms with van der Waals surface area (Å²) in [6.07, 6.45) is 1.46. The van der Waals surface area contributed by atoms with E-state index in [2.05, 4.69) is 10.5 Å². The highest BCUT2D eigenvalue weighted by atomic mass is 35.5. The maximum atomic E-state index is 13.4. The molecule has 8 nitrogen and oxygen atoms in total. The molecule has 0 saturated heterocycles. The number of hydrogen-bond donors (Lipinski definition) is 1. The van der Waals surface area contributed by atoms with Crippen LogP contribution < -0.4 is 19.2 Å². The number of anilines is 1. The molecule has 0 spiro atoms. The zero-order valence-corrected chi connectivity index (χ0v) is 22.6. The number of hydrogen-bond acceptors (Lipinski definition) is 6. The fourth-order valence-corrected chi connectivity index (χ4v) is 5.20. The van der Waals surface area contributed by atoms with E-state index in [1.165, 1.54) is 25.5 Å². The van der Waals surface area contributed by atoms with Crippen LogP contribution in [0.1, 0.15) is 11.1 Å². The van der Waals surface area contributed by atoms with Crippen molar-refractivity contribution in [2.24, 2.45) is 5.10 Å². The number of amides is 1. The van der Waals surface area contributed by atoms with Gasteiger partial charge in [0.2, 0.25) is 0 Å². The molecule has 1 N–H and O–H groups in total. The summed E-state index contributed by atoms with van der Waals surface area (Å²) in [4.78, 5) is 12.8. The normalized spacial score (nSPS) is 11.2. The van der Waals surface area contributed by atoms with Crippen LogP contribution in [0.5, 0.6) is 11.5 Å². The Labute approximate surface area is 232 Å². The molecule has 10 heteroatoms. The molecular weight excluding hydrogens is 538 g/mol. The third kappa shape index (κ3) is 7.37. The fourth-order valence-electron chi connectivity index (χ4n) is 3.57. The quantitative estimate of drug-likeness (QED) is 0.198. The van der Waals surface area contributed by atoms with Gasteiger partial charge in [0.05, 0.1) is 23.9 Å². The molecule has 4 rings (SSSR count). The second-order valence-corrected chi connectivity index (χ2v) is 10.5. The number of ether oxygens (including phenoxy) is 2. The standard InChI is InChI=1S/C29H26ClN3O5S/c1-37-26-10-7-9-24(18-26)33(39(35,36)27-11-3-2-4-12-27)20-29(34)32-31-19-22-14-16-25(17-15-22)38-21-23-8-5-6-13-28(23)30/h2-19H,20-21H2,1H3,(H,32,34)/b31-19-. The lowest BCUT2D eigenvalue weighted by Gasteiger charge is -2.24. The van der Waals surface area contributed by atoms with Crippen LogP contribution in [0, 0.1) is 0 Å². The van der Waals surface area contributed by atoms with E-state index in [4.69, 9.17) is 21.1 Å². The maximum Gasteiger partial charge on any atom is 0.264 e. The van der Waals surface area contributed by atoms with Crippen LogP contribution in [-0.2, 0) is 21.4 Å². The van der Waals surface area contributed by atoms with Crippen LogP contribution in [0.25, 0.3) is 0 Å². The van der Waals surface area contributed by atoms with Crippen LogP contribution in [-0.4, -0.2) is 34.2 Å². The summed E-state index contributed by atoms with van der Waals surface area (Å²) in [5.74, 6) is 0.489. The number of benzene rings is 4. The lowest BCUT2D eigenvalue weighted by atomic mass is 10.2. The Morgan fingerprint density at radius 2 is 1.64 bits per heavy atom. The van der Waals surface area contributed by atoms with E-state index in [0.29, 0.717) is 28.7 Å². The molecule has 1 amide bonds. The lowest BCUT2D eigenvalue weighted by Crippen LogP contribution is -2.39.